The van der Waals surface area contributed by atoms with E-state index < -0.39 is 0 Å². The number of nitrogens with one attached hydrogen (secondary N) is 1. The van der Waals surface area contributed by atoms with Crippen molar-refractivity contribution in [1.82, 2.24) is 5.32 Å². The van der Waals surface area contributed by atoms with E-state index in [1.807, 2.05) is 13.1 Å². The predicted octanol–water partition coefficient (Wildman–Crippen LogP) is 5.14. The molecule has 0 fully saturated rings. The van der Waals surface area contributed by atoms with Crippen molar-refractivity contribution in [2.24, 2.45) is 0 Å². The molecule has 3 heteroatoms. The van der Waals surface area contributed by atoms with E-state index in [4.69, 9.17) is 4.74 Å². The lowest BCUT2D eigenvalue weighted by molar-refractivity contribution is 0.475. The van der Waals surface area contributed by atoms with Gasteiger partial charge in [0.2, 0.25) is 0 Å². The van der Waals surface area contributed by atoms with Gasteiger partial charge in [0.05, 0.1) is 4.47 Å². The molecule has 0 amide bonds. The molecule has 0 radical (unpaired) electrons. The molecule has 2 rings (SSSR count). The van der Waals surface area contributed by atoms with Crippen LogP contribution in [0.1, 0.15) is 29.7 Å². The van der Waals surface area contributed by atoms with E-state index >= 15 is 0 Å². The summed E-state index contributed by atoms with van der Waals surface area (Å²) in [5.41, 5.74) is 3.56. The third-order valence-electron chi connectivity index (χ3n) is 3.45. The summed E-state index contributed by atoms with van der Waals surface area (Å²) in [6.07, 6.45) is 0. The summed E-state index contributed by atoms with van der Waals surface area (Å²) in [6.45, 7) is 6.26. The predicted molar refractivity (Wildman–Crippen MR) is 87.6 cm³/mol. The van der Waals surface area contributed by atoms with E-state index in [0.717, 1.165) is 21.5 Å². The van der Waals surface area contributed by atoms with Gasteiger partial charge in [-0.25, -0.2) is 0 Å². The van der Waals surface area contributed by atoms with Crippen molar-refractivity contribution in [1.29, 1.82) is 0 Å². The second-order valence-electron chi connectivity index (χ2n) is 5.07. The Morgan fingerprint density at radius 3 is 2.45 bits per heavy atom. The average molecular weight is 334 g/mol. The summed E-state index contributed by atoms with van der Waals surface area (Å²) in [4.78, 5) is 0. The highest BCUT2D eigenvalue weighted by Gasteiger charge is 2.09. The van der Waals surface area contributed by atoms with Crippen LogP contribution in [-0.2, 0) is 0 Å². The van der Waals surface area contributed by atoms with Gasteiger partial charge in [0.25, 0.3) is 0 Å². The van der Waals surface area contributed by atoms with Crippen molar-refractivity contribution in [3.63, 3.8) is 0 Å². The van der Waals surface area contributed by atoms with Crippen LogP contribution in [0.2, 0.25) is 0 Å². The first-order valence-corrected chi connectivity index (χ1v) is 7.52. The smallest absolute Gasteiger partial charge is 0.141 e. The second kappa shape index (κ2) is 6.42. The molecule has 2 aromatic carbocycles. The number of hydrogen-bond donors (Lipinski definition) is 1. The van der Waals surface area contributed by atoms with E-state index in [-0.39, 0.29) is 0 Å². The Bertz CT molecular complexity index is 610. The van der Waals surface area contributed by atoms with Gasteiger partial charge in [0.1, 0.15) is 11.5 Å². The third-order valence-corrected chi connectivity index (χ3v) is 4.07. The Morgan fingerprint density at radius 1 is 1.05 bits per heavy atom. The van der Waals surface area contributed by atoms with Gasteiger partial charge >= 0.3 is 0 Å². The fraction of sp³-hybridized carbons (Fsp3) is 0.294. The fourth-order valence-electron chi connectivity index (χ4n) is 1.97. The highest BCUT2D eigenvalue weighted by Crippen LogP contribution is 2.33. The monoisotopic (exact) mass is 333 g/mol. The minimum atomic E-state index is 0.320. The molecule has 0 saturated heterocycles. The fourth-order valence-corrected chi connectivity index (χ4v) is 2.45. The zero-order valence-electron chi connectivity index (χ0n) is 12.3. The van der Waals surface area contributed by atoms with Crippen LogP contribution < -0.4 is 10.1 Å². The topological polar surface area (TPSA) is 21.3 Å². The van der Waals surface area contributed by atoms with E-state index in [1.54, 1.807) is 0 Å². The van der Waals surface area contributed by atoms with Crippen molar-refractivity contribution in [2.45, 2.75) is 26.8 Å². The molecule has 2 nitrogen and oxygen atoms in total. The molecule has 0 heterocycles. The minimum absolute atomic E-state index is 0.320. The SMILES string of the molecule is CNC(C)c1ccc(Oc2cc(C)ccc2C)c(Br)c1. The van der Waals surface area contributed by atoms with Crippen molar-refractivity contribution in [2.75, 3.05) is 7.05 Å². The zero-order valence-corrected chi connectivity index (χ0v) is 13.9. The van der Waals surface area contributed by atoms with Crippen molar-refractivity contribution >= 4 is 15.9 Å². The molecule has 20 heavy (non-hydrogen) atoms. The lowest BCUT2D eigenvalue weighted by atomic mass is 10.1. The number of halogens is 1. The molecule has 0 saturated carbocycles. The third kappa shape index (κ3) is 3.41. The van der Waals surface area contributed by atoms with Gasteiger partial charge in [-0.2, -0.15) is 0 Å². The molecule has 0 aliphatic carbocycles. The molecule has 106 valence electrons. The first-order chi connectivity index (χ1) is 9.51. The molecular formula is C17H20BrNO. The molecule has 1 unspecified atom stereocenters. The Labute approximate surface area is 129 Å². The second-order valence-corrected chi connectivity index (χ2v) is 5.93. The molecule has 0 bridgehead atoms. The van der Waals surface area contributed by atoms with Crippen LogP contribution in [0.5, 0.6) is 11.5 Å². The summed E-state index contributed by atoms with van der Waals surface area (Å²) < 4.78 is 6.99. The molecule has 0 aliphatic rings. The molecule has 1 N–H and O–H groups in total. The van der Waals surface area contributed by atoms with Crippen LogP contribution in [0.3, 0.4) is 0 Å². The van der Waals surface area contributed by atoms with Crippen LogP contribution in [-0.4, -0.2) is 7.05 Å². The summed E-state index contributed by atoms with van der Waals surface area (Å²) in [5, 5.41) is 3.23. The Kier molecular flexibility index (Phi) is 4.84. The normalized spacial score (nSPS) is 12.2. The van der Waals surface area contributed by atoms with Gasteiger partial charge in [0, 0.05) is 6.04 Å². The number of ether oxygens (including phenoxy) is 1. The molecular weight excluding hydrogens is 314 g/mol. The van der Waals surface area contributed by atoms with Crippen LogP contribution >= 0.6 is 15.9 Å². The zero-order chi connectivity index (χ0) is 14.7. The molecule has 2 aromatic rings. The maximum atomic E-state index is 6.02. The standard InChI is InChI=1S/C17H20BrNO/c1-11-5-6-12(2)17(9-11)20-16-8-7-14(10-15(16)18)13(3)19-4/h5-10,13,19H,1-4H3. The Morgan fingerprint density at radius 2 is 1.80 bits per heavy atom. The maximum Gasteiger partial charge on any atom is 0.141 e. The van der Waals surface area contributed by atoms with Gasteiger partial charge < -0.3 is 10.1 Å². The van der Waals surface area contributed by atoms with E-state index in [2.05, 4.69) is 72.3 Å². The number of rotatable bonds is 4. The lowest BCUT2D eigenvalue weighted by Crippen LogP contribution is -2.12. The van der Waals surface area contributed by atoms with Gasteiger partial charge in [-0.3, -0.25) is 0 Å². The molecule has 0 aromatic heterocycles. The summed E-state index contributed by atoms with van der Waals surface area (Å²) in [7, 11) is 1.96. The summed E-state index contributed by atoms with van der Waals surface area (Å²) >= 11 is 3.59. The van der Waals surface area contributed by atoms with Gasteiger partial charge in [-0.1, -0.05) is 18.2 Å². The Hall–Kier alpha value is -1.32. The van der Waals surface area contributed by atoms with Gasteiger partial charge in [-0.15, -0.1) is 0 Å². The van der Waals surface area contributed by atoms with Crippen molar-refractivity contribution < 1.29 is 4.74 Å². The van der Waals surface area contributed by atoms with Crippen LogP contribution in [0.4, 0.5) is 0 Å². The number of benzene rings is 2. The van der Waals surface area contributed by atoms with E-state index in [0.29, 0.717) is 6.04 Å². The lowest BCUT2D eigenvalue weighted by Gasteiger charge is -2.14. The van der Waals surface area contributed by atoms with Crippen LogP contribution in [0.15, 0.2) is 40.9 Å². The first-order valence-electron chi connectivity index (χ1n) is 6.73. The quantitative estimate of drug-likeness (QED) is 0.836. The Balaban J connectivity index is 2.28. The van der Waals surface area contributed by atoms with Gasteiger partial charge in [-0.05, 0) is 78.6 Å². The van der Waals surface area contributed by atoms with Crippen molar-refractivity contribution in [3.05, 3.63) is 57.6 Å². The first kappa shape index (κ1) is 15.1. The molecule has 1 atom stereocenters. The van der Waals surface area contributed by atoms with E-state index in [9.17, 15) is 0 Å². The highest BCUT2D eigenvalue weighted by molar-refractivity contribution is 9.10. The van der Waals surface area contributed by atoms with Gasteiger partial charge in [0.15, 0.2) is 0 Å². The van der Waals surface area contributed by atoms with E-state index in [1.165, 1.54) is 11.1 Å². The maximum absolute atomic E-state index is 6.02. The summed E-state index contributed by atoms with van der Waals surface area (Å²) in [5.74, 6) is 1.74. The van der Waals surface area contributed by atoms with Crippen LogP contribution in [0, 0.1) is 13.8 Å². The minimum Gasteiger partial charge on any atom is -0.456 e. The highest BCUT2D eigenvalue weighted by atomic mass is 79.9. The number of hydrogen-bond acceptors (Lipinski definition) is 2. The van der Waals surface area contributed by atoms with Crippen LogP contribution in [0.25, 0.3) is 0 Å². The average Bonchev–Trinajstić information content (AvgIpc) is 2.44. The molecule has 0 aliphatic heterocycles. The largest absolute Gasteiger partial charge is 0.456 e. The number of aryl methyl sites for hydroxylation is 2. The summed E-state index contributed by atoms with van der Waals surface area (Å²) in [6, 6.07) is 12.8. The van der Waals surface area contributed by atoms with Crippen molar-refractivity contribution in [3.8, 4) is 11.5 Å². The molecule has 0 spiro atoms.